The zero-order valence-electron chi connectivity index (χ0n) is 21.4. The van der Waals surface area contributed by atoms with E-state index in [1.807, 2.05) is 6.92 Å². The van der Waals surface area contributed by atoms with Gasteiger partial charge < -0.3 is 0 Å². The van der Waals surface area contributed by atoms with Crippen molar-refractivity contribution in [3.8, 4) is 11.1 Å². The van der Waals surface area contributed by atoms with E-state index in [9.17, 15) is 0 Å². The molecule has 6 rings (SSSR count). The molecule has 0 aromatic heterocycles. The number of allylic oxidation sites excluding steroid dienone is 11. The summed E-state index contributed by atoms with van der Waals surface area (Å²) in [7, 11) is 0. The molecule has 3 aliphatic rings. The lowest BCUT2D eigenvalue weighted by molar-refractivity contribution is 0.762. The Kier molecular flexibility index (Phi) is 5.41. The summed E-state index contributed by atoms with van der Waals surface area (Å²) >= 11 is 0. The maximum atomic E-state index is 4.57. The molecule has 0 fully saturated rings. The molecule has 0 saturated heterocycles. The smallest absolute Gasteiger partial charge is 0.0688 e. The Morgan fingerprint density at radius 3 is 2.44 bits per heavy atom. The number of hydrogen-bond acceptors (Lipinski definition) is 0. The molecule has 176 valence electrons. The summed E-state index contributed by atoms with van der Waals surface area (Å²) in [5.41, 5.74) is 15.9. The Morgan fingerprint density at radius 2 is 1.67 bits per heavy atom. The van der Waals surface area contributed by atoms with Crippen LogP contribution in [0, 0.1) is 0 Å². The second-order valence-electron chi connectivity index (χ2n) is 9.98. The minimum absolute atomic E-state index is 0.291. The minimum Gasteiger partial charge on any atom is -0.0911 e. The van der Waals surface area contributed by atoms with Crippen molar-refractivity contribution in [2.75, 3.05) is 0 Å². The van der Waals surface area contributed by atoms with Crippen molar-refractivity contribution >= 4 is 11.1 Å². The van der Waals surface area contributed by atoms with Crippen LogP contribution in [0.3, 0.4) is 0 Å². The summed E-state index contributed by atoms with van der Waals surface area (Å²) in [5.74, 6) is 0. The lowest BCUT2D eigenvalue weighted by atomic mass is 9.67. The first kappa shape index (κ1) is 22.6. The Hall–Kier alpha value is -3.90. The second-order valence-corrected chi connectivity index (χ2v) is 9.98. The number of rotatable bonds is 5. The first-order valence-corrected chi connectivity index (χ1v) is 13.1. The molecule has 0 heterocycles. The fourth-order valence-electron chi connectivity index (χ4n) is 6.69. The first-order chi connectivity index (χ1) is 17.6. The molecule has 0 N–H and O–H groups in total. The van der Waals surface area contributed by atoms with E-state index in [2.05, 4.69) is 124 Å². The third-order valence-corrected chi connectivity index (χ3v) is 8.23. The van der Waals surface area contributed by atoms with Gasteiger partial charge in [-0.3, -0.25) is 0 Å². The number of hydrogen-bond donors (Lipinski definition) is 0. The lowest BCUT2D eigenvalue weighted by Gasteiger charge is -2.34. The zero-order chi connectivity index (χ0) is 24.9. The Balaban J connectivity index is 1.70. The van der Waals surface area contributed by atoms with E-state index >= 15 is 0 Å². The topological polar surface area (TPSA) is 0 Å². The van der Waals surface area contributed by atoms with Gasteiger partial charge in [0.05, 0.1) is 5.41 Å². The fraction of sp³-hybridized carbons (Fsp3) is 0.167. The van der Waals surface area contributed by atoms with Crippen molar-refractivity contribution in [1.29, 1.82) is 0 Å². The molecule has 3 aromatic rings. The van der Waals surface area contributed by atoms with Gasteiger partial charge in [0.25, 0.3) is 0 Å². The van der Waals surface area contributed by atoms with Gasteiger partial charge in [-0.2, -0.15) is 0 Å². The summed E-state index contributed by atoms with van der Waals surface area (Å²) in [4.78, 5) is 0. The van der Waals surface area contributed by atoms with Gasteiger partial charge in [0.15, 0.2) is 0 Å². The maximum Gasteiger partial charge on any atom is 0.0688 e. The van der Waals surface area contributed by atoms with E-state index in [4.69, 9.17) is 0 Å². The SMILES string of the molecule is C=C(/C=C\C=C/C)C1=C(C)C2(C3=C(CC=C3)c3ccccc32)c2c1cccc2-c1ccc(CC)cc1. The summed E-state index contributed by atoms with van der Waals surface area (Å²) in [6.07, 6.45) is 15.2. The van der Waals surface area contributed by atoms with Crippen LogP contribution in [0.1, 0.15) is 55.0 Å². The van der Waals surface area contributed by atoms with Gasteiger partial charge in [-0.25, -0.2) is 0 Å². The molecule has 0 bridgehead atoms. The highest BCUT2D eigenvalue weighted by Crippen LogP contribution is 2.65. The fourth-order valence-corrected chi connectivity index (χ4v) is 6.69. The van der Waals surface area contributed by atoms with E-state index in [0.717, 1.165) is 18.4 Å². The molecule has 0 amide bonds. The van der Waals surface area contributed by atoms with Crippen LogP contribution < -0.4 is 0 Å². The summed E-state index contributed by atoms with van der Waals surface area (Å²) < 4.78 is 0. The van der Waals surface area contributed by atoms with Crippen LogP contribution in [0.25, 0.3) is 22.3 Å². The van der Waals surface area contributed by atoms with E-state index < -0.39 is 0 Å². The molecule has 0 radical (unpaired) electrons. The van der Waals surface area contributed by atoms with Crippen LogP contribution in [0.2, 0.25) is 0 Å². The van der Waals surface area contributed by atoms with Gasteiger partial charge in [-0.1, -0.05) is 117 Å². The average Bonchev–Trinajstić information content (AvgIpc) is 3.57. The highest BCUT2D eigenvalue weighted by molar-refractivity contribution is 6.02. The molecule has 0 nitrogen and oxygen atoms in total. The molecule has 36 heavy (non-hydrogen) atoms. The van der Waals surface area contributed by atoms with E-state index in [1.165, 1.54) is 61.2 Å². The highest BCUT2D eigenvalue weighted by atomic mass is 14.5. The Bertz CT molecular complexity index is 1550. The second kappa shape index (κ2) is 8.64. The monoisotopic (exact) mass is 464 g/mol. The molecule has 1 unspecified atom stereocenters. The molecule has 0 saturated carbocycles. The van der Waals surface area contributed by atoms with Crippen LogP contribution in [0.15, 0.2) is 126 Å². The van der Waals surface area contributed by atoms with Crippen LogP contribution in [0.4, 0.5) is 0 Å². The normalized spacial score (nSPS) is 19.8. The van der Waals surface area contributed by atoms with Crippen molar-refractivity contribution < 1.29 is 0 Å². The molecule has 0 heteroatoms. The average molecular weight is 465 g/mol. The number of aryl methyl sites for hydroxylation is 1. The van der Waals surface area contributed by atoms with Gasteiger partial charge in [-0.15, -0.1) is 0 Å². The standard InChI is InChI=1S/C36H32/c1-5-7-8-13-24(3)34-25(4)36(32-18-10-9-14-29(32)30-16-12-19-33(30)36)35-28(15-11-17-31(34)35)27-22-20-26(6-2)21-23-27/h5,7-15,17-23H,3,6,16H2,1-2,4H3/b7-5-,13-8-. The van der Waals surface area contributed by atoms with Crippen molar-refractivity contribution in [1.82, 2.24) is 0 Å². The van der Waals surface area contributed by atoms with Gasteiger partial charge in [0.2, 0.25) is 0 Å². The van der Waals surface area contributed by atoms with Gasteiger partial charge >= 0.3 is 0 Å². The molecular weight excluding hydrogens is 432 g/mol. The number of benzene rings is 3. The van der Waals surface area contributed by atoms with Crippen LogP contribution in [0.5, 0.6) is 0 Å². The largest absolute Gasteiger partial charge is 0.0911 e. The van der Waals surface area contributed by atoms with Crippen molar-refractivity contribution in [3.05, 3.63) is 154 Å². The molecule has 0 aliphatic heterocycles. The quantitative estimate of drug-likeness (QED) is 0.330. The summed E-state index contributed by atoms with van der Waals surface area (Å²) in [5, 5.41) is 0. The van der Waals surface area contributed by atoms with Gasteiger partial charge in [0.1, 0.15) is 0 Å². The predicted molar refractivity (Wildman–Crippen MR) is 155 cm³/mol. The molecule has 3 aliphatic carbocycles. The third-order valence-electron chi connectivity index (χ3n) is 8.23. The lowest BCUT2D eigenvalue weighted by Crippen LogP contribution is -2.27. The van der Waals surface area contributed by atoms with Crippen molar-refractivity contribution in [3.63, 3.8) is 0 Å². The van der Waals surface area contributed by atoms with E-state index in [1.54, 1.807) is 0 Å². The predicted octanol–water partition coefficient (Wildman–Crippen LogP) is 9.40. The van der Waals surface area contributed by atoms with E-state index in [0.29, 0.717) is 0 Å². The zero-order valence-corrected chi connectivity index (χ0v) is 21.4. The van der Waals surface area contributed by atoms with Crippen LogP contribution in [-0.2, 0) is 11.8 Å². The highest BCUT2D eigenvalue weighted by Gasteiger charge is 2.53. The maximum absolute atomic E-state index is 4.57. The summed E-state index contributed by atoms with van der Waals surface area (Å²) in [6, 6.07) is 25.1. The molecule has 3 aromatic carbocycles. The van der Waals surface area contributed by atoms with Gasteiger partial charge in [-0.05, 0) is 93.5 Å². The first-order valence-electron chi connectivity index (χ1n) is 13.1. The number of fused-ring (bicyclic) bond motifs is 6. The van der Waals surface area contributed by atoms with E-state index in [-0.39, 0.29) is 5.41 Å². The Labute approximate surface area is 215 Å². The molecule has 1 spiro atoms. The third kappa shape index (κ3) is 3.00. The molecular formula is C36H32. The Morgan fingerprint density at radius 1 is 0.917 bits per heavy atom. The molecule has 1 atom stereocenters. The van der Waals surface area contributed by atoms with Crippen molar-refractivity contribution in [2.45, 2.75) is 39.0 Å². The minimum atomic E-state index is -0.291. The van der Waals surface area contributed by atoms with Crippen LogP contribution >= 0.6 is 0 Å². The van der Waals surface area contributed by atoms with Crippen molar-refractivity contribution in [2.24, 2.45) is 0 Å². The van der Waals surface area contributed by atoms with Crippen LogP contribution in [-0.4, -0.2) is 0 Å². The summed E-state index contributed by atoms with van der Waals surface area (Å²) in [6.45, 7) is 11.2. The van der Waals surface area contributed by atoms with Gasteiger partial charge in [0, 0.05) is 0 Å².